The second kappa shape index (κ2) is 7.60. The Kier molecular flexibility index (Phi) is 5.26. The van der Waals surface area contributed by atoms with E-state index in [0.29, 0.717) is 12.8 Å². The number of rotatable bonds is 5. The molecule has 2 aromatic carbocycles. The number of nitrogens with zero attached hydrogens (tertiary/aromatic N) is 3. The molecule has 0 saturated carbocycles. The molecule has 136 valence electrons. The van der Waals surface area contributed by atoms with Gasteiger partial charge in [0.15, 0.2) is 0 Å². The van der Waals surface area contributed by atoms with Crippen molar-refractivity contribution in [2.24, 2.45) is 5.10 Å². The molecule has 1 unspecified atom stereocenters. The van der Waals surface area contributed by atoms with Crippen molar-refractivity contribution in [3.05, 3.63) is 59.7 Å². The number of hydrogen-bond acceptors (Lipinski definition) is 4. The third-order valence-corrected chi connectivity index (χ3v) is 4.69. The molecule has 1 amide bonds. The molecule has 0 aliphatic carbocycles. The Morgan fingerprint density at radius 1 is 1.15 bits per heavy atom. The largest absolute Gasteiger partial charge is 0.497 e. The standard InChI is InChI=1S/C21H25N3O2/c1-5-21(25)24-20(16-6-10-17(11-7-16)23(2)3)14-19(22-24)15-8-12-18(26-4)13-9-15/h6-13,20H,5,14H2,1-4H3. The van der Waals surface area contributed by atoms with E-state index in [-0.39, 0.29) is 11.9 Å². The summed E-state index contributed by atoms with van der Waals surface area (Å²) < 4.78 is 5.22. The summed E-state index contributed by atoms with van der Waals surface area (Å²) in [5.41, 5.74) is 4.18. The van der Waals surface area contributed by atoms with Crippen molar-refractivity contribution in [1.29, 1.82) is 0 Å². The Labute approximate surface area is 154 Å². The second-order valence-corrected chi connectivity index (χ2v) is 6.57. The zero-order valence-electron chi connectivity index (χ0n) is 15.8. The summed E-state index contributed by atoms with van der Waals surface area (Å²) in [7, 11) is 5.68. The van der Waals surface area contributed by atoms with E-state index in [4.69, 9.17) is 4.74 Å². The van der Waals surface area contributed by atoms with Crippen LogP contribution in [-0.4, -0.2) is 37.8 Å². The smallest absolute Gasteiger partial charge is 0.242 e. The summed E-state index contributed by atoms with van der Waals surface area (Å²) in [6, 6.07) is 16.1. The van der Waals surface area contributed by atoms with E-state index in [9.17, 15) is 4.79 Å². The molecule has 0 aromatic heterocycles. The van der Waals surface area contributed by atoms with E-state index >= 15 is 0 Å². The molecule has 1 aliphatic heterocycles. The minimum Gasteiger partial charge on any atom is -0.497 e. The summed E-state index contributed by atoms with van der Waals surface area (Å²) in [6.07, 6.45) is 1.14. The summed E-state index contributed by atoms with van der Waals surface area (Å²) in [6.45, 7) is 1.87. The van der Waals surface area contributed by atoms with Crippen LogP contribution >= 0.6 is 0 Å². The summed E-state index contributed by atoms with van der Waals surface area (Å²) in [4.78, 5) is 14.5. The highest BCUT2D eigenvalue weighted by atomic mass is 16.5. The number of anilines is 1. The Bertz CT molecular complexity index is 795. The van der Waals surface area contributed by atoms with Gasteiger partial charge in [-0.1, -0.05) is 19.1 Å². The molecule has 0 bridgehead atoms. The summed E-state index contributed by atoms with van der Waals surface area (Å²) >= 11 is 0. The molecule has 2 aromatic rings. The normalized spacial score (nSPS) is 16.4. The van der Waals surface area contributed by atoms with Gasteiger partial charge in [0, 0.05) is 32.6 Å². The number of hydrogen-bond donors (Lipinski definition) is 0. The third-order valence-electron chi connectivity index (χ3n) is 4.69. The molecule has 5 nitrogen and oxygen atoms in total. The number of methoxy groups -OCH3 is 1. The van der Waals surface area contributed by atoms with E-state index in [1.165, 1.54) is 0 Å². The maximum Gasteiger partial charge on any atom is 0.242 e. The second-order valence-electron chi connectivity index (χ2n) is 6.57. The topological polar surface area (TPSA) is 45.1 Å². The Morgan fingerprint density at radius 2 is 1.81 bits per heavy atom. The number of carbonyl (C=O) groups excluding carboxylic acids is 1. The lowest BCUT2D eigenvalue weighted by molar-refractivity contribution is -0.132. The molecule has 3 rings (SSSR count). The van der Waals surface area contributed by atoms with Crippen LogP contribution < -0.4 is 9.64 Å². The van der Waals surface area contributed by atoms with E-state index in [2.05, 4.69) is 34.3 Å². The van der Waals surface area contributed by atoms with Crippen LogP contribution in [0.2, 0.25) is 0 Å². The van der Waals surface area contributed by atoms with Crippen molar-refractivity contribution in [3.8, 4) is 5.75 Å². The molecule has 0 spiro atoms. The maximum atomic E-state index is 12.4. The zero-order valence-corrected chi connectivity index (χ0v) is 15.8. The van der Waals surface area contributed by atoms with Gasteiger partial charge in [-0.15, -0.1) is 0 Å². The van der Waals surface area contributed by atoms with E-state index < -0.39 is 0 Å². The number of carbonyl (C=O) groups is 1. The van der Waals surface area contributed by atoms with Crippen molar-refractivity contribution in [2.45, 2.75) is 25.8 Å². The van der Waals surface area contributed by atoms with Gasteiger partial charge in [-0.05, 0) is 47.5 Å². The Morgan fingerprint density at radius 3 is 2.35 bits per heavy atom. The fourth-order valence-electron chi connectivity index (χ4n) is 3.11. The van der Waals surface area contributed by atoms with Crippen LogP contribution in [0.4, 0.5) is 5.69 Å². The molecular formula is C21H25N3O2. The summed E-state index contributed by atoms with van der Waals surface area (Å²) in [5, 5.41) is 6.29. The molecule has 5 heteroatoms. The fraction of sp³-hybridized carbons (Fsp3) is 0.333. The van der Waals surface area contributed by atoms with E-state index in [1.54, 1.807) is 12.1 Å². The minimum atomic E-state index is -0.0595. The van der Waals surface area contributed by atoms with Crippen LogP contribution in [0, 0.1) is 0 Å². The van der Waals surface area contributed by atoms with E-state index in [1.807, 2.05) is 45.3 Å². The van der Waals surface area contributed by atoms with Gasteiger partial charge >= 0.3 is 0 Å². The van der Waals surface area contributed by atoms with Gasteiger partial charge in [0.2, 0.25) is 5.91 Å². The maximum absolute atomic E-state index is 12.4. The number of ether oxygens (including phenoxy) is 1. The molecule has 1 atom stereocenters. The number of benzene rings is 2. The van der Waals surface area contributed by atoms with Crippen molar-refractivity contribution in [2.75, 3.05) is 26.1 Å². The average Bonchev–Trinajstić information content (AvgIpc) is 3.13. The van der Waals surface area contributed by atoms with Gasteiger partial charge < -0.3 is 9.64 Å². The first-order valence-corrected chi connectivity index (χ1v) is 8.84. The molecule has 0 fully saturated rings. The molecule has 0 radical (unpaired) electrons. The molecule has 0 N–H and O–H groups in total. The van der Waals surface area contributed by atoms with Gasteiger partial charge in [0.1, 0.15) is 5.75 Å². The average molecular weight is 351 g/mol. The SMILES string of the molecule is CCC(=O)N1N=C(c2ccc(OC)cc2)CC1c1ccc(N(C)C)cc1. The predicted octanol–water partition coefficient (Wildman–Crippen LogP) is 3.85. The first-order chi connectivity index (χ1) is 12.5. The highest BCUT2D eigenvalue weighted by molar-refractivity contribution is 6.03. The molecular weight excluding hydrogens is 326 g/mol. The Hall–Kier alpha value is -2.82. The van der Waals surface area contributed by atoms with Crippen LogP contribution in [-0.2, 0) is 4.79 Å². The van der Waals surface area contributed by atoms with Gasteiger partial charge in [-0.3, -0.25) is 4.79 Å². The van der Waals surface area contributed by atoms with Crippen LogP contribution in [0.25, 0.3) is 0 Å². The lowest BCUT2D eigenvalue weighted by Gasteiger charge is -2.22. The van der Waals surface area contributed by atoms with Crippen molar-refractivity contribution >= 4 is 17.3 Å². The molecule has 26 heavy (non-hydrogen) atoms. The lowest BCUT2D eigenvalue weighted by Crippen LogP contribution is -2.26. The Balaban J connectivity index is 1.89. The van der Waals surface area contributed by atoms with Gasteiger partial charge in [0.05, 0.1) is 18.9 Å². The third kappa shape index (κ3) is 3.57. The van der Waals surface area contributed by atoms with Crippen molar-refractivity contribution in [1.82, 2.24) is 5.01 Å². The molecule has 1 heterocycles. The predicted molar refractivity (Wildman–Crippen MR) is 105 cm³/mol. The fourth-order valence-corrected chi connectivity index (χ4v) is 3.11. The minimum absolute atomic E-state index is 0.0372. The lowest BCUT2D eigenvalue weighted by atomic mass is 9.98. The van der Waals surface area contributed by atoms with E-state index in [0.717, 1.165) is 28.3 Å². The van der Waals surface area contributed by atoms with Crippen LogP contribution in [0.5, 0.6) is 5.75 Å². The molecule has 0 saturated heterocycles. The first kappa shape index (κ1) is 18.0. The highest BCUT2D eigenvalue weighted by Gasteiger charge is 2.32. The highest BCUT2D eigenvalue weighted by Crippen LogP contribution is 2.34. The van der Waals surface area contributed by atoms with Crippen molar-refractivity contribution < 1.29 is 9.53 Å². The quantitative estimate of drug-likeness (QED) is 0.822. The number of amides is 1. The van der Waals surface area contributed by atoms with Gasteiger partial charge in [-0.2, -0.15) is 5.10 Å². The van der Waals surface area contributed by atoms with Gasteiger partial charge in [0.25, 0.3) is 0 Å². The first-order valence-electron chi connectivity index (χ1n) is 8.84. The zero-order chi connectivity index (χ0) is 18.7. The van der Waals surface area contributed by atoms with Crippen LogP contribution in [0.15, 0.2) is 53.6 Å². The van der Waals surface area contributed by atoms with Gasteiger partial charge in [-0.25, -0.2) is 5.01 Å². The summed E-state index contributed by atoms with van der Waals surface area (Å²) in [5.74, 6) is 0.847. The van der Waals surface area contributed by atoms with Crippen LogP contribution in [0.3, 0.4) is 0 Å². The van der Waals surface area contributed by atoms with Crippen LogP contribution in [0.1, 0.15) is 36.9 Å². The van der Waals surface area contributed by atoms with Crippen molar-refractivity contribution in [3.63, 3.8) is 0 Å². The number of hydrazone groups is 1. The molecule has 1 aliphatic rings. The monoisotopic (exact) mass is 351 g/mol.